The smallest absolute Gasteiger partial charge is 0.182 e. The molecular weight excluding hydrogens is 236 g/mol. The Hall–Kier alpha value is -1.29. The molecule has 0 bridgehead atoms. The Morgan fingerprint density at radius 2 is 1.72 bits per heavy atom. The van der Waals surface area contributed by atoms with E-state index >= 15 is 0 Å². The van der Waals surface area contributed by atoms with Crippen molar-refractivity contribution in [1.29, 1.82) is 0 Å². The number of carbonyl (C=O) groups is 1. The van der Waals surface area contributed by atoms with E-state index in [1.807, 2.05) is 4.90 Å². The Balaban J connectivity index is 2.09. The van der Waals surface area contributed by atoms with Gasteiger partial charge in [0.25, 0.3) is 0 Å². The zero-order chi connectivity index (χ0) is 13.3. The minimum atomic E-state index is -0.778. The van der Waals surface area contributed by atoms with Crippen LogP contribution in [-0.2, 0) is 0 Å². The van der Waals surface area contributed by atoms with E-state index in [-0.39, 0.29) is 6.54 Å². The molecule has 0 spiro atoms. The first kappa shape index (κ1) is 13.1. The van der Waals surface area contributed by atoms with Gasteiger partial charge in [-0.05, 0) is 24.0 Å². The molecule has 1 aromatic rings. The summed E-state index contributed by atoms with van der Waals surface area (Å²) in [6.07, 6.45) is 0. The lowest BCUT2D eigenvalue weighted by Crippen LogP contribution is -2.29. The third-order valence-electron chi connectivity index (χ3n) is 3.67. The highest BCUT2D eigenvalue weighted by Gasteiger charge is 2.28. The lowest BCUT2D eigenvalue weighted by molar-refractivity contribution is 0.0934. The second-order valence-corrected chi connectivity index (χ2v) is 5.17. The Morgan fingerprint density at radius 1 is 1.22 bits per heavy atom. The molecule has 0 radical (unpaired) electrons. The summed E-state index contributed by atoms with van der Waals surface area (Å²) in [4.78, 5) is 13.9. The van der Waals surface area contributed by atoms with Crippen LogP contribution in [0.3, 0.4) is 0 Å². The first-order chi connectivity index (χ1) is 8.49. The van der Waals surface area contributed by atoms with Gasteiger partial charge < -0.3 is 0 Å². The summed E-state index contributed by atoms with van der Waals surface area (Å²) in [6.45, 7) is 5.95. The summed E-state index contributed by atoms with van der Waals surface area (Å²) in [6, 6.07) is 3.50. The van der Waals surface area contributed by atoms with Crippen LogP contribution in [0, 0.1) is 23.5 Å². The van der Waals surface area contributed by atoms with Gasteiger partial charge >= 0.3 is 0 Å². The molecule has 1 fully saturated rings. The number of carbonyl (C=O) groups excluding carboxylic acids is 1. The summed E-state index contributed by atoms with van der Waals surface area (Å²) in [7, 11) is 0. The average Bonchev–Trinajstić information content (AvgIpc) is 2.57. The Kier molecular flexibility index (Phi) is 3.76. The van der Waals surface area contributed by atoms with Gasteiger partial charge in [-0.15, -0.1) is 0 Å². The fraction of sp³-hybridized carbons (Fsp3) is 0.500. The average molecular weight is 253 g/mol. The molecule has 0 N–H and O–H groups in total. The van der Waals surface area contributed by atoms with Gasteiger partial charge in [0.2, 0.25) is 0 Å². The van der Waals surface area contributed by atoms with E-state index in [4.69, 9.17) is 0 Å². The Morgan fingerprint density at radius 3 is 2.22 bits per heavy atom. The van der Waals surface area contributed by atoms with E-state index in [0.29, 0.717) is 11.8 Å². The predicted molar refractivity (Wildman–Crippen MR) is 65.5 cm³/mol. The maximum Gasteiger partial charge on any atom is 0.182 e. The second-order valence-electron chi connectivity index (χ2n) is 5.17. The van der Waals surface area contributed by atoms with Crippen LogP contribution in [-0.4, -0.2) is 30.3 Å². The molecule has 2 unspecified atom stereocenters. The third kappa shape index (κ3) is 2.58. The van der Waals surface area contributed by atoms with Gasteiger partial charge in [0.05, 0.1) is 12.1 Å². The number of Topliss-reactive ketones (excluding diaryl/α,β-unsaturated/α-hetero) is 1. The molecule has 1 aliphatic heterocycles. The van der Waals surface area contributed by atoms with Crippen molar-refractivity contribution in [2.24, 2.45) is 11.8 Å². The summed E-state index contributed by atoms with van der Waals surface area (Å²) < 4.78 is 26.9. The molecule has 0 saturated carbocycles. The van der Waals surface area contributed by atoms with Crippen LogP contribution in [0.5, 0.6) is 0 Å². The molecule has 0 aliphatic carbocycles. The van der Waals surface area contributed by atoms with Crippen LogP contribution < -0.4 is 0 Å². The Bertz CT molecular complexity index is 431. The molecular formula is C14H17F2NO. The summed E-state index contributed by atoms with van der Waals surface area (Å²) in [5.41, 5.74) is -0.412. The van der Waals surface area contributed by atoms with E-state index in [0.717, 1.165) is 25.2 Å². The molecule has 0 amide bonds. The summed E-state index contributed by atoms with van der Waals surface area (Å²) >= 11 is 0. The highest BCUT2D eigenvalue weighted by molar-refractivity contribution is 5.98. The lowest BCUT2D eigenvalue weighted by Gasteiger charge is -2.14. The fourth-order valence-corrected chi connectivity index (χ4v) is 2.42. The van der Waals surface area contributed by atoms with Crippen LogP contribution in [0.25, 0.3) is 0 Å². The van der Waals surface area contributed by atoms with E-state index in [9.17, 15) is 13.6 Å². The van der Waals surface area contributed by atoms with Gasteiger partial charge in [0, 0.05) is 13.1 Å². The van der Waals surface area contributed by atoms with Gasteiger partial charge in [0.15, 0.2) is 5.78 Å². The van der Waals surface area contributed by atoms with E-state index in [1.165, 1.54) is 6.07 Å². The highest BCUT2D eigenvalue weighted by atomic mass is 19.1. The third-order valence-corrected chi connectivity index (χ3v) is 3.67. The molecule has 18 heavy (non-hydrogen) atoms. The largest absolute Gasteiger partial charge is 0.295 e. The van der Waals surface area contributed by atoms with Crippen molar-refractivity contribution >= 4 is 5.78 Å². The first-order valence-corrected chi connectivity index (χ1v) is 6.18. The van der Waals surface area contributed by atoms with E-state index < -0.39 is 23.0 Å². The highest BCUT2D eigenvalue weighted by Crippen LogP contribution is 2.22. The van der Waals surface area contributed by atoms with Crippen LogP contribution in [0.15, 0.2) is 18.2 Å². The zero-order valence-corrected chi connectivity index (χ0v) is 10.6. The fourth-order valence-electron chi connectivity index (χ4n) is 2.42. The second kappa shape index (κ2) is 5.14. The topological polar surface area (TPSA) is 20.3 Å². The number of likely N-dealkylation sites (tertiary alicyclic amines) is 1. The number of halogens is 2. The maximum atomic E-state index is 13.4. The molecule has 2 rings (SSSR count). The van der Waals surface area contributed by atoms with Crippen molar-refractivity contribution in [3.8, 4) is 0 Å². The van der Waals surface area contributed by atoms with Gasteiger partial charge in [-0.2, -0.15) is 0 Å². The van der Waals surface area contributed by atoms with Crippen molar-refractivity contribution in [1.82, 2.24) is 4.90 Å². The minimum Gasteiger partial charge on any atom is -0.295 e. The predicted octanol–water partition coefficient (Wildman–Crippen LogP) is 2.74. The number of hydrogen-bond donors (Lipinski definition) is 0. The quantitative estimate of drug-likeness (QED) is 0.772. The lowest BCUT2D eigenvalue weighted by atomic mass is 10.0. The minimum absolute atomic E-state index is 0.0898. The normalized spacial score (nSPS) is 24.4. The number of ketones is 1. The van der Waals surface area contributed by atoms with Gasteiger partial charge in [-0.25, -0.2) is 8.78 Å². The Labute approximate surface area is 106 Å². The zero-order valence-electron chi connectivity index (χ0n) is 10.6. The van der Waals surface area contributed by atoms with Gasteiger partial charge in [-0.3, -0.25) is 9.69 Å². The summed E-state index contributed by atoms with van der Waals surface area (Å²) in [5.74, 6) is -1.00. The van der Waals surface area contributed by atoms with Crippen LogP contribution >= 0.6 is 0 Å². The van der Waals surface area contributed by atoms with E-state index in [1.54, 1.807) is 0 Å². The number of nitrogens with zero attached hydrogens (tertiary/aromatic N) is 1. The molecule has 2 nitrogen and oxygen atoms in total. The van der Waals surface area contributed by atoms with Crippen LogP contribution in [0.2, 0.25) is 0 Å². The van der Waals surface area contributed by atoms with Crippen molar-refractivity contribution in [3.63, 3.8) is 0 Å². The number of rotatable bonds is 3. The molecule has 2 atom stereocenters. The molecule has 1 aliphatic rings. The molecule has 1 saturated heterocycles. The molecule has 98 valence electrons. The van der Waals surface area contributed by atoms with Crippen LogP contribution in [0.4, 0.5) is 8.78 Å². The first-order valence-electron chi connectivity index (χ1n) is 6.18. The number of benzene rings is 1. The van der Waals surface area contributed by atoms with Gasteiger partial charge in [0.1, 0.15) is 11.6 Å². The van der Waals surface area contributed by atoms with E-state index in [2.05, 4.69) is 13.8 Å². The molecule has 0 aromatic heterocycles. The molecule has 4 heteroatoms. The SMILES string of the molecule is CC1CN(CC(=O)c2c(F)cccc2F)CC1C. The standard InChI is InChI=1S/C14H17F2NO/c1-9-6-17(7-10(9)2)8-13(18)14-11(15)4-3-5-12(14)16/h3-5,9-10H,6-8H2,1-2H3. The van der Waals surface area contributed by atoms with Crippen LogP contribution in [0.1, 0.15) is 24.2 Å². The van der Waals surface area contributed by atoms with Crippen molar-refractivity contribution in [3.05, 3.63) is 35.4 Å². The molecule has 1 heterocycles. The van der Waals surface area contributed by atoms with Crippen molar-refractivity contribution < 1.29 is 13.6 Å². The van der Waals surface area contributed by atoms with Gasteiger partial charge in [-0.1, -0.05) is 19.9 Å². The molecule has 1 aromatic carbocycles. The monoisotopic (exact) mass is 253 g/mol. The number of hydrogen-bond acceptors (Lipinski definition) is 2. The van der Waals surface area contributed by atoms with Crippen molar-refractivity contribution in [2.45, 2.75) is 13.8 Å². The summed E-state index contributed by atoms with van der Waals surface area (Å²) in [5, 5.41) is 0. The van der Waals surface area contributed by atoms with Crippen molar-refractivity contribution in [2.75, 3.05) is 19.6 Å². The maximum absolute atomic E-state index is 13.4.